The van der Waals surface area contributed by atoms with E-state index in [9.17, 15) is 0 Å². The van der Waals surface area contributed by atoms with Gasteiger partial charge in [-0.25, -0.2) is 0 Å². The fraction of sp³-hybridized carbons (Fsp3) is 1.00. The van der Waals surface area contributed by atoms with Crippen molar-refractivity contribution in [3.63, 3.8) is 0 Å². The normalized spacial score (nSPS) is 36.8. The van der Waals surface area contributed by atoms with Crippen LogP contribution < -0.4 is 0 Å². The topological polar surface area (TPSA) is 12.5 Å². The Morgan fingerprint density at radius 1 is 1.25 bits per heavy atom. The van der Waals surface area contributed by atoms with E-state index < -0.39 is 0 Å². The quantitative estimate of drug-likeness (QED) is 0.716. The molecule has 0 radical (unpaired) electrons. The van der Waals surface area contributed by atoms with Crippen LogP contribution in [0.3, 0.4) is 0 Å². The van der Waals surface area contributed by atoms with Crippen molar-refractivity contribution in [2.24, 2.45) is 11.3 Å². The maximum absolute atomic E-state index is 5.74. The van der Waals surface area contributed by atoms with Gasteiger partial charge in [-0.1, -0.05) is 13.8 Å². The zero-order valence-corrected chi connectivity index (χ0v) is 11.3. The summed E-state index contributed by atoms with van der Waals surface area (Å²) in [5.74, 6) is 0.767. The minimum Gasteiger partial charge on any atom is -0.381 e. The monoisotopic (exact) mass is 225 g/mol. The maximum atomic E-state index is 5.74. The van der Waals surface area contributed by atoms with Crippen LogP contribution in [0.4, 0.5) is 0 Å². The van der Waals surface area contributed by atoms with E-state index in [1.807, 2.05) is 0 Å². The molecule has 2 unspecified atom stereocenters. The van der Waals surface area contributed by atoms with Gasteiger partial charge in [0.25, 0.3) is 0 Å². The Balaban J connectivity index is 2.10. The molecule has 0 aromatic carbocycles. The molecule has 2 heterocycles. The van der Waals surface area contributed by atoms with Crippen molar-refractivity contribution in [2.75, 3.05) is 19.8 Å². The fourth-order valence-electron chi connectivity index (χ4n) is 3.51. The summed E-state index contributed by atoms with van der Waals surface area (Å²) in [6.45, 7) is 12.6. The van der Waals surface area contributed by atoms with E-state index in [1.54, 1.807) is 0 Å². The lowest BCUT2D eigenvalue weighted by molar-refractivity contribution is -0.00358. The standard InChI is InChI=1S/C14H27NO/c1-11(2)13-8-14(6-5-7-16-10-14)9-15(13)12(3)4/h11-13H,5-10H2,1-4H3. The predicted molar refractivity (Wildman–Crippen MR) is 67.6 cm³/mol. The maximum Gasteiger partial charge on any atom is 0.0535 e. The van der Waals surface area contributed by atoms with Crippen LogP contribution in [0.2, 0.25) is 0 Å². The summed E-state index contributed by atoms with van der Waals surface area (Å²) in [7, 11) is 0. The molecular weight excluding hydrogens is 198 g/mol. The third kappa shape index (κ3) is 2.28. The van der Waals surface area contributed by atoms with Crippen LogP contribution in [0, 0.1) is 11.3 Å². The summed E-state index contributed by atoms with van der Waals surface area (Å²) in [6, 6.07) is 1.44. The molecule has 2 aliphatic heterocycles. The van der Waals surface area contributed by atoms with Gasteiger partial charge in [-0.05, 0) is 39.0 Å². The van der Waals surface area contributed by atoms with Crippen molar-refractivity contribution in [1.29, 1.82) is 0 Å². The molecule has 16 heavy (non-hydrogen) atoms. The lowest BCUT2D eigenvalue weighted by atomic mass is 9.79. The zero-order chi connectivity index (χ0) is 11.8. The second-order valence-electron chi connectivity index (χ2n) is 6.44. The van der Waals surface area contributed by atoms with Gasteiger partial charge in [0.05, 0.1) is 6.61 Å². The van der Waals surface area contributed by atoms with E-state index >= 15 is 0 Å². The Hall–Kier alpha value is -0.0800. The molecule has 0 aromatic rings. The van der Waals surface area contributed by atoms with Gasteiger partial charge in [0.1, 0.15) is 0 Å². The van der Waals surface area contributed by atoms with Crippen molar-refractivity contribution in [3.8, 4) is 0 Å². The predicted octanol–water partition coefficient (Wildman–Crippen LogP) is 2.92. The smallest absolute Gasteiger partial charge is 0.0535 e. The lowest BCUT2D eigenvalue weighted by Crippen LogP contribution is -2.40. The van der Waals surface area contributed by atoms with Crippen molar-refractivity contribution in [3.05, 3.63) is 0 Å². The highest BCUT2D eigenvalue weighted by molar-refractivity contribution is 4.98. The minimum atomic E-state index is 0.484. The van der Waals surface area contributed by atoms with Crippen LogP contribution >= 0.6 is 0 Å². The summed E-state index contributed by atoms with van der Waals surface area (Å²) in [6.07, 6.45) is 3.99. The van der Waals surface area contributed by atoms with Crippen molar-refractivity contribution in [1.82, 2.24) is 4.90 Å². The molecule has 0 bridgehead atoms. The average molecular weight is 225 g/mol. The Morgan fingerprint density at radius 3 is 2.44 bits per heavy atom. The summed E-state index contributed by atoms with van der Waals surface area (Å²) in [4.78, 5) is 2.71. The first kappa shape index (κ1) is 12.4. The van der Waals surface area contributed by atoms with Gasteiger partial charge in [0.15, 0.2) is 0 Å². The Morgan fingerprint density at radius 2 is 2.00 bits per heavy atom. The third-order valence-electron chi connectivity index (χ3n) is 4.42. The number of nitrogens with zero attached hydrogens (tertiary/aromatic N) is 1. The number of hydrogen-bond acceptors (Lipinski definition) is 2. The van der Waals surface area contributed by atoms with Crippen LogP contribution in [0.1, 0.15) is 47.0 Å². The molecule has 94 valence electrons. The van der Waals surface area contributed by atoms with E-state index in [2.05, 4.69) is 32.6 Å². The van der Waals surface area contributed by atoms with Gasteiger partial charge >= 0.3 is 0 Å². The average Bonchev–Trinajstić information content (AvgIpc) is 2.59. The van der Waals surface area contributed by atoms with Gasteiger partial charge in [0, 0.05) is 30.7 Å². The molecule has 0 aliphatic carbocycles. The first-order chi connectivity index (χ1) is 7.54. The molecule has 2 nitrogen and oxygen atoms in total. The second-order valence-corrected chi connectivity index (χ2v) is 6.44. The van der Waals surface area contributed by atoms with Gasteiger partial charge < -0.3 is 4.74 Å². The number of likely N-dealkylation sites (tertiary alicyclic amines) is 1. The summed E-state index contributed by atoms with van der Waals surface area (Å²) in [5, 5.41) is 0. The largest absolute Gasteiger partial charge is 0.381 e. The number of hydrogen-bond donors (Lipinski definition) is 0. The van der Waals surface area contributed by atoms with Gasteiger partial charge in [-0.3, -0.25) is 4.90 Å². The molecular formula is C14H27NO. The third-order valence-corrected chi connectivity index (χ3v) is 4.42. The summed E-state index contributed by atoms with van der Waals surface area (Å²) in [5.41, 5.74) is 0.484. The van der Waals surface area contributed by atoms with E-state index in [-0.39, 0.29) is 0 Å². The minimum absolute atomic E-state index is 0.484. The molecule has 0 aromatic heterocycles. The highest BCUT2D eigenvalue weighted by Crippen LogP contribution is 2.43. The Labute approximate surface area is 100 Å². The molecule has 2 saturated heterocycles. The molecule has 0 saturated carbocycles. The molecule has 2 rings (SSSR count). The molecule has 2 atom stereocenters. The van der Waals surface area contributed by atoms with Crippen LogP contribution in [0.5, 0.6) is 0 Å². The number of ether oxygens (including phenoxy) is 1. The second kappa shape index (κ2) is 4.66. The van der Waals surface area contributed by atoms with Gasteiger partial charge in [-0.15, -0.1) is 0 Å². The van der Waals surface area contributed by atoms with E-state index in [0.29, 0.717) is 11.5 Å². The fourth-order valence-corrected chi connectivity index (χ4v) is 3.51. The highest BCUT2D eigenvalue weighted by Gasteiger charge is 2.46. The van der Waals surface area contributed by atoms with Crippen LogP contribution in [0.25, 0.3) is 0 Å². The van der Waals surface area contributed by atoms with Crippen molar-refractivity contribution in [2.45, 2.75) is 59.0 Å². The van der Waals surface area contributed by atoms with Crippen molar-refractivity contribution >= 4 is 0 Å². The SMILES string of the molecule is CC(C)C1CC2(CCCOC2)CN1C(C)C. The molecule has 2 aliphatic rings. The summed E-state index contributed by atoms with van der Waals surface area (Å²) >= 11 is 0. The Kier molecular flexibility index (Phi) is 3.60. The molecule has 1 spiro atoms. The van der Waals surface area contributed by atoms with Crippen LogP contribution in [-0.2, 0) is 4.74 Å². The number of rotatable bonds is 2. The van der Waals surface area contributed by atoms with Crippen LogP contribution in [-0.4, -0.2) is 36.7 Å². The van der Waals surface area contributed by atoms with E-state index in [1.165, 1.54) is 25.8 Å². The zero-order valence-electron chi connectivity index (χ0n) is 11.3. The lowest BCUT2D eigenvalue weighted by Gasteiger charge is -2.33. The first-order valence-electron chi connectivity index (χ1n) is 6.88. The molecule has 2 fully saturated rings. The van der Waals surface area contributed by atoms with E-state index in [4.69, 9.17) is 4.74 Å². The summed E-state index contributed by atoms with van der Waals surface area (Å²) < 4.78 is 5.74. The molecule has 0 N–H and O–H groups in total. The van der Waals surface area contributed by atoms with Gasteiger partial charge in [0.2, 0.25) is 0 Å². The first-order valence-corrected chi connectivity index (χ1v) is 6.88. The Bertz CT molecular complexity index is 213. The molecule has 0 amide bonds. The van der Waals surface area contributed by atoms with E-state index in [0.717, 1.165) is 25.2 Å². The van der Waals surface area contributed by atoms with Crippen LogP contribution in [0.15, 0.2) is 0 Å². The van der Waals surface area contributed by atoms with Crippen molar-refractivity contribution < 1.29 is 4.74 Å². The van der Waals surface area contributed by atoms with Gasteiger partial charge in [-0.2, -0.15) is 0 Å². The molecule has 2 heteroatoms. The highest BCUT2D eigenvalue weighted by atomic mass is 16.5.